The number of nitriles is 1. The smallest absolute Gasteiger partial charge is 0.348 e. The van der Waals surface area contributed by atoms with Crippen molar-refractivity contribution in [1.82, 2.24) is 0 Å². The van der Waals surface area contributed by atoms with E-state index in [1.807, 2.05) is 0 Å². The molecule has 0 heterocycles. The van der Waals surface area contributed by atoms with Crippen molar-refractivity contribution >= 4 is 11.9 Å². The molecule has 0 amide bonds. The molecule has 0 spiro atoms. The van der Waals surface area contributed by atoms with Crippen molar-refractivity contribution in [3.8, 4) is 6.07 Å². The summed E-state index contributed by atoms with van der Waals surface area (Å²) in [5.74, 6) is -1.81. The summed E-state index contributed by atoms with van der Waals surface area (Å²) >= 11 is 0. The van der Waals surface area contributed by atoms with Crippen molar-refractivity contribution in [3.05, 3.63) is 11.6 Å². The van der Waals surface area contributed by atoms with Crippen LogP contribution in [0.5, 0.6) is 0 Å². The van der Waals surface area contributed by atoms with Crippen LogP contribution >= 0.6 is 0 Å². The summed E-state index contributed by atoms with van der Waals surface area (Å²) in [6.45, 7) is 7.19. The normalized spacial score (nSPS) is 13.6. The number of carboxylic acid groups (broad SMARTS) is 1. The number of hydrogen-bond acceptors (Lipinski definition) is 4. The van der Waals surface area contributed by atoms with E-state index < -0.39 is 17.4 Å². The Bertz CT molecular complexity index is 390. The summed E-state index contributed by atoms with van der Waals surface area (Å²) in [6.07, 6.45) is 1.44. The van der Waals surface area contributed by atoms with Gasteiger partial charge in [0.25, 0.3) is 0 Å². The molecule has 1 atom stereocenters. The molecule has 0 fully saturated rings. The molecule has 18 heavy (non-hydrogen) atoms. The van der Waals surface area contributed by atoms with Crippen LogP contribution in [0.25, 0.3) is 0 Å². The number of nitrogens with zero attached hydrogens (tertiary/aromatic N) is 1. The number of ether oxygens (including phenoxy) is 1. The van der Waals surface area contributed by atoms with Crippen molar-refractivity contribution in [2.75, 3.05) is 6.61 Å². The van der Waals surface area contributed by atoms with Crippen LogP contribution in [0.3, 0.4) is 0 Å². The molecule has 0 aliphatic heterocycles. The second-order valence-corrected chi connectivity index (χ2v) is 4.76. The number of aliphatic carboxylic acids is 1. The molecule has 0 bridgehead atoms. The van der Waals surface area contributed by atoms with Crippen molar-refractivity contribution < 1.29 is 19.4 Å². The zero-order valence-electron chi connectivity index (χ0n) is 11.2. The van der Waals surface area contributed by atoms with E-state index >= 15 is 0 Å². The van der Waals surface area contributed by atoms with Gasteiger partial charge in [-0.15, -0.1) is 0 Å². The zero-order chi connectivity index (χ0) is 14.3. The third kappa shape index (κ3) is 5.00. The maximum atomic E-state index is 11.4. The Kier molecular flexibility index (Phi) is 6.11. The highest BCUT2D eigenvalue weighted by atomic mass is 16.5. The third-order valence-corrected chi connectivity index (χ3v) is 2.87. The summed E-state index contributed by atoms with van der Waals surface area (Å²) in [5.41, 5.74) is -0.622. The minimum absolute atomic E-state index is 0.0355. The fourth-order valence-electron chi connectivity index (χ4n) is 1.39. The first-order valence-corrected chi connectivity index (χ1v) is 5.75. The largest absolute Gasteiger partial charge is 0.481 e. The first kappa shape index (κ1) is 16.2. The van der Waals surface area contributed by atoms with E-state index in [1.165, 1.54) is 6.08 Å². The van der Waals surface area contributed by atoms with E-state index in [0.29, 0.717) is 0 Å². The summed E-state index contributed by atoms with van der Waals surface area (Å²) in [4.78, 5) is 22.2. The van der Waals surface area contributed by atoms with Crippen LogP contribution < -0.4 is 0 Å². The summed E-state index contributed by atoms with van der Waals surface area (Å²) in [6, 6.07) is 1.78. The fraction of sp³-hybridized carbons (Fsp3) is 0.615. The van der Waals surface area contributed by atoms with Crippen LogP contribution in [0.1, 0.15) is 34.1 Å². The van der Waals surface area contributed by atoms with Crippen molar-refractivity contribution in [1.29, 1.82) is 5.26 Å². The third-order valence-electron chi connectivity index (χ3n) is 2.87. The van der Waals surface area contributed by atoms with Gasteiger partial charge >= 0.3 is 11.9 Å². The van der Waals surface area contributed by atoms with Gasteiger partial charge in [0.1, 0.15) is 11.6 Å². The van der Waals surface area contributed by atoms with Gasteiger partial charge in [-0.2, -0.15) is 5.26 Å². The first-order chi connectivity index (χ1) is 8.24. The molecule has 5 nitrogen and oxygen atoms in total. The highest BCUT2D eigenvalue weighted by Gasteiger charge is 2.28. The van der Waals surface area contributed by atoms with Gasteiger partial charge < -0.3 is 9.84 Å². The Morgan fingerprint density at radius 3 is 2.44 bits per heavy atom. The van der Waals surface area contributed by atoms with Gasteiger partial charge in [0.2, 0.25) is 0 Å². The maximum Gasteiger partial charge on any atom is 0.348 e. The Labute approximate surface area is 107 Å². The molecule has 0 aliphatic rings. The molecule has 0 aromatic carbocycles. The molecular formula is C13H19NO4. The minimum Gasteiger partial charge on any atom is -0.481 e. The van der Waals surface area contributed by atoms with Gasteiger partial charge in [-0.1, -0.05) is 26.8 Å². The first-order valence-electron chi connectivity index (χ1n) is 5.75. The van der Waals surface area contributed by atoms with Crippen LogP contribution in [-0.2, 0) is 14.3 Å². The minimum atomic E-state index is -0.908. The number of rotatable bonds is 6. The number of esters is 1. The second-order valence-electron chi connectivity index (χ2n) is 4.76. The average Bonchev–Trinajstić information content (AvgIpc) is 2.23. The Morgan fingerprint density at radius 1 is 1.50 bits per heavy atom. The quantitative estimate of drug-likeness (QED) is 0.445. The maximum absolute atomic E-state index is 11.4. The number of carbonyl (C=O) groups is 2. The average molecular weight is 253 g/mol. The number of hydrogen-bond donors (Lipinski definition) is 1. The predicted octanol–water partition coefficient (Wildman–Crippen LogP) is 2.14. The second kappa shape index (κ2) is 6.80. The van der Waals surface area contributed by atoms with E-state index in [0.717, 1.165) is 0 Å². The molecule has 1 unspecified atom stereocenters. The number of allylic oxidation sites excluding steroid dienone is 1. The van der Waals surface area contributed by atoms with Crippen molar-refractivity contribution in [2.45, 2.75) is 34.1 Å². The highest BCUT2D eigenvalue weighted by molar-refractivity contribution is 5.92. The number of carboxylic acids is 1. The standard InChI is InChI=1S/C13H19NO4/c1-5-18-12(17)10(8-14)6-9(2)13(3,4)7-11(15)16/h6,9H,5,7H2,1-4H3,(H,15,16)/b10-6+. The molecule has 5 heteroatoms. The van der Waals surface area contributed by atoms with Gasteiger partial charge in [-0.25, -0.2) is 4.79 Å². The lowest BCUT2D eigenvalue weighted by Gasteiger charge is -2.28. The number of carbonyl (C=O) groups excluding carboxylic acids is 1. The lowest BCUT2D eigenvalue weighted by molar-refractivity contribution is -0.139. The van der Waals surface area contributed by atoms with Crippen molar-refractivity contribution in [2.24, 2.45) is 11.3 Å². The van der Waals surface area contributed by atoms with Crippen molar-refractivity contribution in [3.63, 3.8) is 0 Å². The molecule has 1 N–H and O–H groups in total. The van der Waals surface area contributed by atoms with E-state index in [2.05, 4.69) is 0 Å². The Morgan fingerprint density at radius 2 is 2.06 bits per heavy atom. The van der Waals surface area contributed by atoms with E-state index in [-0.39, 0.29) is 24.5 Å². The van der Waals surface area contributed by atoms with Crippen LogP contribution in [0.15, 0.2) is 11.6 Å². The van der Waals surface area contributed by atoms with Crippen LogP contribution in [0, 0.1) is 22.7 Å². The van der Waals surface area contributed by atoms with Gasteiger partial charge in [-0.05, 0) is 18.3 Å². The lowest BCUT2D eigenvalue weighted by atomic mass is 9.76. The monoisotopic (exact) mass is 253 g/mol. The summed E-state index contributed by atoms with van der Waals surface area (Å²) in [5, 5.41) is 17.7. The molecule has 0 aromatic heterocycles. The summed E-state index contributed by atoms with van der Waals surface area (Å²) < 4.78 is 4.74. The topological polar surface area (TPSA) is 87.4 Å². The Hall–Kier alpha value is -1.83. The molecule has 0 radical (unpaired) electrons. The van der Waals surface area contributed by atoms with Gasteiger partial charge in [-0.3, -0.25) is 4.79 Å². The van der Waals surface area contributed by atoms with Crippen LogP contribution in [-0.4, -0.2) is 23.7 Å². The summed E-state index contributed by atoms with van der Waals surface area (Å²) in [7, 11) is 0. The van der Waals surface area contributed by atoms with Crippen LogP contribution in [0.2, 0.25) is 0 Å². The molecule has 0 saturated carbocycles. The molecule has 0 saturated heterocycles. The molecular weight excluding hydrogens is 234 g/mol. The van der Waals surface area contributed by atoms with Gasteiger partial charge in [0.05, 0.1) is 13.0 Å². The SMILES string of the molecule is CCOC(=O)/C(C#N)=C/C(C)C(C)(C)CC(=O)O. The molecule has 0 aromatic rings. The lowest BCUT2D eigenvalue weighted by Crippen LogP contribution is -2.24. The fourth-order valence-corrected chi connectivity index (χ4v) is 1.39. The van der Waals surface area contributed by atoms with Gasteiger partial charge in [0, 0.05) is 0 Å². The predicted molar refractivity (Wildman–Crippen MR) is 65.5 cm³/mol. The Balaban J connectivity index is 4.98. The molecule has 0 aliphatic carbocycles. The zero-order valence-corrected chi connectivity index (χ0v) is 11.2. The van der Waals surface area contributed by atoms with Crippen LogP contribution in [0.4, 0.5) is 0 Å². The van der Waals surface area contributed by atoms with E-state index in [4.69, 9.17) is 15.1 Å². The highest BCUT2D eigenvalue weighted by Crippen LogP contribution is 2.32. The van der Waals surface area contributed by atoms with E-state index in [9.17, 15) is 9.59 Å². The molecule has 0 rings (SSSR count). The van der Waals surface area contributed by atoms with E-state index in [1.54, 1.807) is 33.8 Å². The van der Waals surface area contributed by atoms with Gasteiger partial charge in [0.15, 0.2) is 0 Å². The molecule has 100 valence electrons.